The van der Waals surface area contributed by atoms with Gasteiger partial charge in [-0.1, -0.05) is 0 Å². The molecule has 16 heteroatoms. The van der Waals surface area contributed by atoms with E-state index in [0.29, 0.717) is 0 Å². The SMILES string of the molecule is COc1c(O)c2c(=O)cc(OC)c3c4c(OC)cc(=O)c5c(O)c(OC)c(CC(C)OC(=O)Oc6ccc(O)cc6)c(c(c1CC(C)OC(=O)Oc1ccc(O)cc1)c23)c54. The van der Waals surface area contributed by atoms with Gasteiger partial charge in [0.1, 0.15) is 46.7 Å². The molecule has 0 saturated heterocycles. The molecule has 0 amide bonds. The molecule has 60 heavy (non-hydrogen) atoms. The maximum absolute atomic E-state index is 14.0. The number of fused-ring (bicyclic) bond motifs is 2. The van der Waals surface area contributed by atoms with Gasteiger partial charge in [-0.15, -0.1) is 0 Å². The summed E-state index contributed by atoms with van der Waals surface area (Å²) in [5.41, 5.74) is -0.928. The van der Waals surface area contributed by atoms with Gasteiger partial charge in [0.15, 0.2) is 33.9 Å². The second-order valence-electron chi connectivity index (χ2n) is 13.8. The quantitative estimate of drug-likeness (QED) is 0.0420. The normalized spacial score (nSPS) is 12.4. The van der Waals surface area contributed by atoms with Crippen LogP contribution in [0.3, 0.4) is 0 Å². The molecule has 2 unspecified atom stereocenters. The number of ether oxygens (including phenoxy) is 8. The second kappa shape index (κ2) is 16.0. The van der Waals surface area contributed by atoms with Gasteiger partial charge in [0.25, 0.3) is 0 Å². The summed E-state index contributed by atoms with van der Waals surface area (Å²) >= 11 is 0. The lowest BCUT2D eigenvalue weighted by molar-refractivity contribution is 0.0646. The van der Waals surface area contributed by atoms with Crippen LogP contribution in [0.15, 0.2) is 70.3 Å². The Balaban J connectivity index is 1.53. The average Bonchev–Trinajstić information content (AvgIpc) is 3.20. The molecule has 0 aliphatic heterocycles. The van der Waals surface area contributed by atoms with Crippen molar-refractivity contribution in [3.8, 4) is 57.5 Å². The standard InChI is InChI=1S/C44H38O16/c1-19(57-43(51)59-23-11-7-21(45)8-12-23)15-25-31-32-26(16-20(2)58-44(52)60-24-13-9-22(46)10-14-24)42(56-6)40(50)34-28(48)18-30(54-4)36(38(32)34)35-29(53-3)17-27(47)33(37(31)35)39(49)41(25)55-5/h7-14,17-20,45-46,49-50H,15-16H2,1-6H3. The minimum Gasteiger partial charge on any atom is -0.508 e. The second-order valence-corrected chi connectivity index (χ2v) is 13.8. The molecule has 0 heterocycles. The Hall–Kier alpha value is -7.62. The molecule has 0 aliphatic carbocycles. The first-order valence-corrected chi connectivity index (χ1v) is 18.3. The first-order chi connectivity index (χ1) is 28.7. The van der Waals surface area contributed by atoms with E-state index in [1.165, 1.54) is 89.1 Å². The zero-order chi connectivity index (χ0) is 43.2. The van der Waals surface area contributed by atoms with Gasteiger partial charge < -0.3 is 58.3 Å². The number of rotatable bonds is 12. The number of phenolic OH excluding ortho intramolecular Hbond substituents is 4. The van der Waals surface area contributed by atoms with Crippen LogP contribution in [-0.2, 0) is 22.3 Å². The number of phenols is 4. The van der Waals surface area contributed by atoms with E-state index in [4.69, 9.17) is 37.9 Å². The van der Waals surface area contributed by atoms with E-state index in [9.17, 15) is 39.6 Å². The van der Waals surface area contributed by atoms with Crippen LogP contribution in [-0.4, -0.2) is 73.4 Å². The lowest BCUT2D eigenvalue weighted by Crippen LogP contribution is -2.21. The zero-order valence-corrected chi connectivity index (χ0v) is 33.0. The molecule has 0 spiro atoms. The van der Waals surface area contributed by atoms with E-state index < -0.39 is 46.9 Å². The van der Waals surface area contributed by atoms with Gasteiger partial charge in [0.2, 0.25) is 0 Å². The van der Waals surface area contributed by atoms with Crippen molar-refractivity contribution in [1.82, 2.24) is 0 Å². The van der Waals surface area contributed by atoms with E-state index in [2.05, 4.69) is 0 Å². The molecule has 0 bridgehead atoms. The Morgan fingerprint density at radius 2 is 0.850 bits per heavy atom. The van der Waals surface area contributed by atoms with Gasteiger partial charge in [-0.2, -0.15) is 0 Å². The molecule has 7 aromatic carbocycles. The highest BCUT2D eigenvalue weighted by molar-refractivity contribution is 6.38. The number of benzene rings is 7. The minimum absolute atomic E-state index is 0.0421. The Morgan fingerprint density at radius 3 is 1.17 bits per heavy atom. The van der Waals surface area contributed by atoms with Crippen molar-refractivity contribution >= 4 is 55.4 Å². The van der Waals surface area contributed by atoms with Crippen LogP contribution in [0.1, 0.15) is 25.0 Å². The maximum Gasteiger partial charge on any atom is 0.514 e. The fraction of sp³-hybridized carbons (Fsp3) is 0.227. The first-order valence-electron chi connectivity index (χ1n) is 18.3. The van der Waals surface area contributed by atoms with Gasteiger partial charge in [0.05, 0.1) is 39.2 Å². The number of carbonyl (C=O) groups excluding carboxylic acids is 2. The number of carbonyl (C=O) groups is 2. The van der Waals surface area contributed by atoms with Gasteiger partial charge in [-0.05, 0) is 73.2 Å². The Bertz CT molecular complexity index is 2710. The minimum atomic E-state index is -1.10. The Kier molecular flexibility index (Phi) is 10.8. The molecule has 2 atom stereocenters. The monoisotopic (exact) mass is 822 g/mol. The number of methoxy groups -OCH3 is 4. The molecule has 0 radical (unpaired) electrons. The molecule has 310 valence electrons. The average molecular weight is 823 g/mol. The molecule has 7 aromatic rings. The topological polar surface area (TPSA) is 223 Å². The predicted molar refractivity (Wildman–Crippen MR) is 218 cm³/mol. The third kappa shape index (κ3) is 7.01. The summed E-state index contributed by atoms with van der Waals surface area (Å²) in [4.78, 5) is 54.1. The van der Waals surface area contributed by atoms with Gasteiger partial charge in [-0.25, -0.2) is 9.59 Å². The van der Waals surface area contributed by atoms with Crippen LogP contribution in [0.4, 0.5) is 9.59 Å². The third-order valence-corrected chi connectivity index (χ3v) is 10.1. The fourth-order valence-corrected chi connectivity index (χ4v) is 7.74. The third-order valence-electron chi connectivity index (χ3n) is 10.1. The molecule has 0 aromatic heterocycles. The van der Waals surface area contributed by atoms with E-state index in [1.807, 2.05) is 0 Å². The molecular weight excluding hydrogens is 784 g/mol. The van der Waals surface area contributed by atoms with Crippen molar-refractivity contribution in [3.05, 3.63) is 92.2 Å². The van der Waals surface area contributed by atoms with Crippen LogP contribution in [0.5, 0.6) is 57.5 Å². The summed E-state index contributed by atoms with van der Waals surface area (Å²) in [6.45, 7) is 3.10. The molecule has 0 aliphatic rings. The smallest absolute Gasteiger partial charge is 0.508 e. The van der Waals surface area contributed by atoms with Gasteiger partial charge in [-0.3, -0.25) is 9.59 Å². The Labute approximate surface area is 339 Å². The highest BCUT2D eigenvalue weighted by Crippen LogP contribution is 2.55. The maximum atomic E-state index is 14.0. The lowest BCUT2D eigenvalue weighted by atomic mass is 9.81. The summed E-state index contributed by atoms with van der Waals surface area (Å²) < 4.78 is 45.1. The zero-order valence-electron chi connectivity index (χ0n) is 33.0. The van der Waals surface area contributed by atoms with Crippen LogP contribution in [0.25, 0.3) is 43.1 Å². The number of aromatic hydroxyl groups is 4. The van der Waals surface area contributed by atoms with Crippen molar-refractivity contribution in [1.29, 1.82) is 0 Å². The highest BCUT2D eigenvalue weighted by atomic mass is 16.7. The Morgan fingerprint density at radius 1 is 0.500 bits per heavy atom. The van der Waals surface area contributed by atoms with Gasteiger partial charge in [0, 0.05) is 57.6 Å². The number of hydrogen-bond acceptors (Lipinski definition) is 16. The summed E-state index contributed by atoms with van der Waals surface area (Å²) in [7, 11) is 5.22. The molecule has 16 nitrogen and oxygen atoms in total. The fourth-order valence-electron chi connectivity index (χ4n) is 7.74. The predicted octanol–water partition coefficient (Wildman–Crippen LogP) is 7.05. The van der Waals surface area contributed by atoms with E-state index >= 15 is 0 Å². The summed E-state index contributed by atoms with van der Waals surface area (Å²) in [5.74, 6) is -1.26. The summed E-state index contributed by atoms with van der Waals surface area (Å²) in [6.07, 6.45) is -4.63. The van der Waals surface area contributed by atoms with Crippen LogP contribution in [0, 0.1) is 0 Å². The largest absolute Gasteiger partial charge is 0.514 e. The van der Waals surface area contributed by atoms with Crippen molar-refractivity contribution in [3.63, 3.8) is 0 Å². The first kappa shape index (κ1) is 40.6. The van der Waals surface area contributed by atoms with E-state index in [1.54, 1.807) is 13.8 Å². The highest BCUT2D eigenvalue weighted by Gasteiger charge is 2.34. The molecule has 4 N–H and O–H groups in total. The van der Waals surface area contributed by atoms with E-state index in [-0.39, 0.29) is 113 Å². The number of hydrogen-bond donors (Lipinski definition) is 4. The van der Waals surface area contributed by atoms with E-state index in [0.717, 1.165) is 0 Å². The molecule has 0 fully saturated rings. The molecule has 0 saturated carbocycles. The van der Waals surface area contributed by atoms with Crippen LogP contribution in [0.2, 0.25) is 0 Å². The molecular formula is C44H38O16. The summed E-state index contributed by atoms with van der Waals surface area (Å²) in [5, 5.41) is 43.9. The lowest BCUT2D eigenvalue weighted by Gasteiger charge is -2.26. The van der Waals surface area contributed by atoms with Gasteiger partial charge >= 0.3 is 12.3 Å². The summed E-state index contributed by atoms with van der Waals surface area (Å²) in [6, 6.07) is 13.1. The molecule has 7 rings (SSSR count). The van der Waals surface area contributed by atoms with Crippen molar-refractivity contribution in [2.45, 2.75) is 38.9 Å². The van der Waals surface area contributed by atoms with Crippen molar-refractivity contribution in [2.75, 3.05) is 28.4 Å². The van der Waals surface area contributed by atoms with Crippen molar-refractivity contribution in [2.24, 2.45) is 0 Å². The van der Waals surface area contributed by atoms with Crippen molar-refractivity contribution < 1.29 is 67.9 Å². The van der Waals surface area contributed by atoms with Crippen LogP contribution >= 0.6 is 0 Å². The van der Waals surface area contributed by atoms with Crippen LogP contribution < -0.4 is 39.3 Å².